The highest BCUT2D eigenvalue weighted by Gasteiger charge is 2.09. The Balaban J connectivity index is 2.48. The summed E-state index contributed by atoms with van der Waals surface area (Å²) >= 11 is 0. The molecule has 0 saturated heterocycles. The molecule has 2 aromatic rings. The van der Waals surface area contributed by atoms with Gasteiger partial charge in [0.05, 0.1) is 0 Å². The summed E-state index contributed by atoms with van der Waals surface area (Å²) in [5.74, 6) is 0. The molecule has 0 bridgehead atoms. The first kappa shape index (κ1) is 11.1. The van der Waals surface area contributed by atoms with Crippen LogP contribution in [0.3, 0.4) is 0 Å². The lowest BCUT2D eigenvalue weighted by Crippen LogP contribution is -2.17. The van der Waals surface area contributed by atoms with Gasteiger partial charge in [-0.1, -0.05) is 6.92 Å². The quantitative estimate of drug-likeness (QED) is 0.854. The normalized spacial score (nSPS) is 13.2. The van der Waals surface area contributed by atoms with Crippen molar-refractivity contribution < 1.29 is 0 Å². The average molecular weight is 217 g/mol. The Labute approximate surface area is 96.3 Å². The highest BCUT2D eigenvalue weighted by Crippen LogP contribution is 2.20. The van der Waals surface area contributed by atoms with E-state index in [1.54, 1.807) is 0 Å². The Bertz CT molecular complexity index is 471. The summed E-state index contributed by atoms with van der Waals surface area (Å²) in [6.07, 6.45) is 6.09. The molecule has 0 aliphatic carbocycles. The van der Waals surface area contributed by atoms with Crippen molar-refractivity contribution in [3.05, 3.63) is 30.1 Å². The molecule has 86 valence electrons. The molecule has 2 N–H and O–H groups in total. The molecule has 0 aliphatic rings. The van der Waals surface area contributed by atoms with Crippen molar-refractivity contribution in [1.82, 2.24) is 9.55 Å². The van der Waals surface area contributed by atoms with Gasteiger partial charge in [0.15, 0.2) is 0 Å². The summed E-state index contributed by atoms with van der Waals surface area (Å²) in [4.78, 5) is 4.45. The predicted molar refractivity (Wildman–Crippen MR) is 67.4 cm³/mol. The van der Waals surface area contributed by atoms with E-state index in [2.05, 4.69) is 28.7 Å². The zero-order valence-electron chi connectivity index (χ0n) is 9.98. The van der Waals surface area contributed by atoms with Crippen LogP contribution >= 0.6 is 0 Å². The van der Waals surface area contributed by atoms with E-state index >= 15 is 0 Å². The molecule has 0 fully saturated rings. The van der Waals surface area contributed by atoms with Gasteiger partial charge < -0.3 is 10.3 Å². The minimum Gasteiger partial charge on any atom is -0.332 e. The van der Waals surface area contributed by atoms with E-state index in [9.17, 15) is 0 Å². The fourth-order valence-corrected chi connectivity index (χ4v) is 2.12. The standard InChI is InChI=1S/C13H19N3/c1-3-7-16-9-11(8-10(2)14)12-5-4-6-15-13(12)16/h4-6,9-10H,3,7-8,14H2,1-2H3. The maximum atomic E-state index is 5.87. The number of aromatic nitrogens is 2. The van der Waals surface area contributed by atoms with Gasteiger partial charge >= 0.3 is 0 Å². The third-order valence-electron chi connectivity index (χ3n) is 2.72. The van der Waals surface area contributed by atoms with Crippen molar-refractivity contribution in [1.29, 1.82) is 0 Å². The van der Waals surface area contributed by atoms with Crippen LogP contribution in [0.5, 0.6) is 0 Å². The minimum atomic E-state index is 0.195. The maximum Gasteiger partial charge on any atom is 0.140 e. The third kappa shape index (κ3) is 2.09. The number of hydrogen-bond donors (Lipinski definition) is 1. The summed E-state index contributed by atoms with van der Waals surface area (Å²) in [5.41, 5.74) is 8.26. The summed E-state index contributed by atoms with van der Waals surface area (Å²) in [6.45, 7) is 5.24. The lowest BCUT2D eigenvalue weighted by Gasteiger charge is -2.02. The molecule has 3 nitrogen and oxygen atoms in total. The van der Waals surface area contributed by atoms with Gasteiger partial charge in [0.25, 0.3) is 0 Å². The monoisotopic (exact) mass is 217 g/mol. The van der Waals surface area contributed by atoms with Gasteiger partial charge in [0.1, 0.15) is 5.65 Å². The second kappa shape index (κ2) is 4.66. The van der Waals surface area contributed by atoms with Crippen LogP contribution in [0.2, 0.25) is 0 Å². The molecule has 1 atom stereocenters. The lowest BCUT2D eigenvalue weighted by atomic mass is 10.1. The Kier molecular flexibility index (Phi) is 3.25. The molecule has 0 saturated carbocycles. The zero-order valence-corrected chi connectivity index (χ0v) is 9.98. The SMILES string of the molecule is CCCn1cc(CC(C)N)c2cccnc21. The average Bonchev–Trinajstić information content (AvgIpc) is 2.58. The largest absolute Gasteiger partial charge is 0.332 e. The van der Waals surface area contributed by atoms with E-state index in [0.717, 1.165) is 25.0 Å². The Morgan fingerprint density at radius 2 is 2.31 bits per heavy atom. The molecule has 3 heteroatoms. The number of nitrogens with two attached hydrogens (primary N) is 1. The van der Waals surface area contributed by atoms with E-state index in [1.807, 2.05) is 19.2 Å². The number of nitrogens with zero attached hydrogens (tertiary/aromatic N) is 2. The van der Waals surface area contributed by atoms with E-state index in [4.69, 9.17) is 5.73 Å². The van der Waals surface area contributed by atoms with Crippen LogP contribution in [-0.4, -0.2) is 15.6 Å². The first-order valence-electron chi connectivity index (χ1n) is 5.90. The van der Waals surface area contributed by atoms with Crippen LogP contribution in [0, 0.1) is 0 Å². The molecule has 2 rings (SSSR count). The summed E-state index contributed by atoms with van der Waals surface area (Å²) in [5, 5.41) is 1.24. The van der Waals surface area contributed by atoms with Gasteiger partial charge in [0, 0.05) is 30.4 Å². The highest BCUT2D eigenvalue weighted by atomic mass is 15.0. The van der Waals surface area contributed by atoms with Crippen LogP contribution < -0.4 is 5.73 Å². The molecule has 2 heterocycles. The Hall–Kier alpha value is -1.35. The van der Waals surface area contributed by atoms with E-state index in [-0.39, 0.29) is 6.04 Å². The number of aryl methyl sites for hydroxylation is 1. The molecule has 1 unspecified atom stereocenters. The molecule has 0 radical (unpaired) electrons. The molecule has 0 aromatic carbocycles. The van der Waals surface area contributed by atoms with Gasteiger partial charge in [-0.3, -0.25) is 0 Å². The summed E-state index contributed by atoms with van der Waals surface area (Å²) < 4.78 is 2.23. The fraction of sp³-hybridized carbons (Fsp3) is 0.462. The van der Waals surface area contributed by atoms with Crippen LogP contribution in [0.4, 0.5) is 0 Å². The molecular formula is C13H19N3. The van der Waals surface area contributed by atoms with Crippen molar-refractivity contribution >= 4 is 11.0 Å². The fourth-order valence-electron chi connectivity index (χ4n) is 2.12. The number of fused-ring (bicyclic) bond motifs is 1. The van der Waals surface area contributed by atoms with Crippen molar-refractivity contribution in [2.45, 2.75) is 39.3 Å². The predicted octanol–water partition coefficient (Wildman–Crippen LogP) is 2.34. The lowest BCUT2D eigenvalue weighted by molar-refractivity contribution is 0.688. The van der Waals surface area contributed by atoms with Crippen molar-refractivity contribution in [3.63, 3.8) is 0 Å². The number of rotatable bonds is 4. The van der Waals surface area contributed by atoms with Gasteiger partial charge in [-0.05, 0) is 37.5 Å². The number of hydrogen-bond acceptors (Lipinski definition) is 2. The first-order valence-corrected chi connectivity index (χ1v) is 5.90. The second-order valence-corrected chi connectivity index (χ2v) is 4.40. The van der Waals surface area contributed by atoms with Crippen molar-refractivity contribution in [2.24, 2.45) is 5.73 Å². The molecule has 0 aliphatic heterocycles. The van der Waals surface area contributed by atoms with Crippen LogP contribution in [0.1, 0.15) is 25.8 Å². The topological polar surface area (TPSA) is 43.8 Å². The van der Waals surface area contributed by atoms with Gasteiger partial charge in [-0.25, -0.2) is 4.98 Å². The van der Waals surface area contributed by atoms with E-state index in [0.29, 0.717) is 0 Å². The van der Waals surface area contributed by atoms with Gasteiger partial charge in [-0.15, -0.1) is 0 Å². The Morgan fingerprint density at radius 3 is 3.00 bits per heavy atom. The first-order chi connectivity index (χ1) is 7.72. The van der Waals surface area contributed by atoms with Crippen LogP contribution in [-0.2, 0) is 13.0 Å². The molecular weight excluding hydrogens is 198 g/mol. The third-order valence-corrected chi connectivity index (χ3v) is 2.72. The zero-order chi connectivity index (χ0) is 11.5. The maximum absolute atomic E-state index is 5.87. The second-order valence-electron chi connectivity index (χ2n) is 4.40. The molecule has 0 amide bonds. The summed E-state index contributed by atoms with van der Waals surface area (Å²) in [6, 6.07) is 4.32. The van der Waals surface area contributed by atoms with Crippen molar-refractivity contribution in [2.75, 3.05) is 0 Å². The van der Waals surface area contributed by atoms with E-state index < -0.39 is 0 Å². The van der Waals surface area contributed by atoms with Crippen molar-refractivity contribution in [3.8, 4) is 0 Å². The summed E-state index contributed by atoms with van der Waals surface area (Å²) in [7, 11) is 0. The molecule has 0 spiro atoms. The van der Waals surface area contributed by atoms with E-state index in [1.165, 1.54) is 10.9 Å². The highest BCUT2D eigenvalue weighted by molar-refractivity contribution is 5.80. The van der Waals surface area contributed by atoms with Gasteiger partial charge in [-0.2, -0.15) is 0 Å². The number of pyridine rings is 1. The molecule has 2 aromatic heterocycles. The molecule has 16 heavy (non-hydrogen) atoms. The van der Waals surface area contributed by atoms with Crippen LogP contribution in [0.25, 0.3) is 11.0 Å². The van der Waals surface area contributed by atoms with Gasteiger partial charge in [0.2, 0.25) is 0 Å². The van der Waals surface area contributed by atoms with Crippen LogP contribution in [0.15, 0.2) is 24.5 Å². The minimum absolute atomic E-state index is 0.195. The Morgan fingerprint density at radius 1 is 1.50 bits per heavy atom. The smallest absolute Gasteiger partial charge is 0.140 e.